The summed E-state index contributed by atoms with van der Waals surface area (Å²) >= 11 is 0. The Bertz CT molecular complexity index is 2990. The van der Waals surface area contributed by atoms with Crippen LogP contribution in [0.2, 0.25) is 0 Å². The van der Waals surface area contributed by atoms with E-state index in [0.29, 0.717) is 22.5 Å². The zero-order valence-electron chi connectivity index (χ0n) is 32.9. The number of carbonyl (C=O) groups excluding carboxylic acids is 2. The Morgan fingerprint density at radius 2 is 0.845 bits per heavy atom. The fourth-order valence-corrected chi connectivity index (χ4v) is 8.99. The number of hydrogen-bond donors (Lipinski definition) is 0. The minimum Gasteiger partial charge on any atom is -0.308 e. The van der Waals surface area contributed by atoms with Crippen LogP contribution in [-0.2, 0) is 0 Å². The average Bonchev–Trinajstić information content (AvgIpc) is 3.69. The number of aryl methyl sites for hydroxylation is 4. The monoisotopic (exact) mass is 748 g/mol. The summed E-state index contributed by atoms with van der Waals surface area (Å²) in [5, 5.41) is 2.15. The molecule has 0 fully saturated rings. The van der Waals surface area contributed by atoms with Gasteiger partial charge in [0.15, 0.2) is 0 Å². The molecule has 2 amide bonds. The topological polar surface area (TPSA) is 42.3 Å². The molecule has 4 nitrogen and oxygen atoms in total. The number of anilines is 1. The van der Waals surface area contributed by atoms with Crippen molar-refractivity contribution in [3.63, 3.8) is 0 Å². The second-order valence-electron chi connectivity index (χ2n) is 15.7. The average molecular weight is 749 g/mol. The molecule has 58 heavy (non-hydrogen) atoms. The molecule has 0 atom stereocenters. The van der Waals surface area contributed by atoms with E-state index in [1.165, 1.54) is 27.2 Å². The third kappa shape index (κ3) is 5.84. The van der Waals surface area contributed by atoms with Crippen LogP contribution in [0.25, 0.3) is 72.0 Å². The molecule has 278 valence electrons. The van der Waals surface area contributed by atoms with Gasteiger partial charge in [0.25, 0.3) is 11.8 Å². The predicted molar refractivity (Wildman–Crippen MR) is 239 cm³/mol. The number of hydrogen-bond acceptors (Lipinski definition) is 2. The Hall–Kier alpha value is -7.30. The number of benzene rings is 8. The van der Waals surface area contributed by atoms with Gasteiger partial charge < -0.3 is 4.57 Å². The minimum atomic E-state index is -0.341. The highest BCUT2D eigenvalue weighted by Crippen LogP contribution is 2.43. The van der Waals surface area contributed by atoms with E-state index in [1.54, 1.807) is 6.07 Å². The molecule has 0 saturated carbocycles. The van der Waals surface area contributed by atoms with Crippen molar-refractivity contribution in [1.29, 1.82) is 0 Å². The summed E-state index contributed by atoms with van der Waals surface area (Å²) in [6, 6.07) is 58.2. The largest absolute Gasteiger partial charge is 0.308 e. The maximum Gasteiger partial charge on any atom is 0.268 e. The normalized spacial score (nSPS) is 12.5. The first-order valence-electron chi connectivity index (χ1n) is 19.7. The van der Waals surface area contributed by atoms with Crippen LogP contribution in [0.15, 0.2) is 170 Å². The number of fused-ring (bicyclic) bond motifs is 4. The third-order valence-corrected chi connectivity index (χ3v) is 11.4. The van der Waals surface area contributed by atoms with Gasteiger partial charge in [-0.25, -0.2) is 4.90 Å². The van der Waals surface area contributed by atoms with Gasteiger partial charge in [0.2, 0.25) is 0 Å². The van der Waals surface area contributed by atoms with Gasteiger partial charge in [-0.2, -0.15) is 0 Å². The lowest BCUT2D eigenvalue weighted by atomic mass is 9.97. The number of aromatic nitrogens is 1. The van der Waals surface area contributed by atoms with Crippen LogP contribution in [0.5, 0.6) is 0 Å². The fourth-order valence-electron chi connectivity index (χ4n) is 8.99. The number of amides is 2. The standard InChI is InChI=1S/C54H40N2O2/c1-33-24-34(2)27-42(26-33)39-19-22-48-46(30-39)47-31-40(43-28-35(3)25-36(4)29-43)20-23-49(47)55(48)50-17-11-16-45-52(50)54(58)56(53(45)57)51-32-41(37-12-7-5-8-13-37)18-21-44(51)38-14-9-6-10-15-38/h5-32H,1-4H3. The first-order chi connectivity index (χ1) is 28.2. The summed E-state index contributed by atoms with van der Waals surface area (Å²) in [7, 11) is 0. The lowest BCUT2D eigenvalue weighted by molar-refractivity contribution is 0.0926. The third-order valence-electron chi connectivity index (χ3n) is 11.4. The van der Waals surface area contributed by atoms with Crippen LogP contribution in [0.4, 0.5) is 5.69 Å². The summed E-state index contributed by atoms with van der Waals surface area (Å²) < 4.78 is 2.17. The van der Waals surface area contributed by atoms with Gasteiger partial charge in [0, 0.05) is 16.3 Å². The van der Waals surface area contributed by atoms with Crippen LogP contribution in [-0.4, -0.2) is 16.4 Å². The van der Waals surface area contributed by atoms with Crippen molar-refractivity contribution in [3.8, 4) is 50.2 Å². The quantitative estimate of drug-likeness (QED) is 0.159. The Labute approximate surface area is 338 Å². The molecule has 0 radical (unpaired) electrons. The second kappa shape index (κ2) is 13.7. The molecule has 0 aliphatic carbocycles. The summed E-state index contributed by atoms with van der Waals surface area (Å²) in [6.45, 7) is 8.54. The van der Waals surface area contributed by atoms with Crippen molar-refractivity contribution in [3.05, 3.63) is 203 Å². The van der Waals surface area contributed by atoms with Gasteiger partial charge in [-0.15, -0.1) is 0 Å². The van der Waals surface area contributed by atoms with Gasteiger partial charge >= 0.3 is 0 Å². The zero-order valence-corrected chi connectivity index (χ0v) is 32.9. The van der Waals surface area contributed by atoms with Gasteiger partial charge in [-0.05, 0) is 109 Å². The maximum atomic E-state index is 15.1. The molecule has 9 aromatic rings. The van der Waals surface area contributed by atoms with Crippen molar-refractivity contribution in [2.24, 2.45) is 0 Å². The molecule has 0 spiro atoms. The number of rotatable bonds is 6. The summed E-state index contributed by atoms with van der Waals surface area (Å²) in [4.78, 5) is 31.2. The molecule has 0 N–H and O–H groups in total. The Morgan fingerprint density at radius 1 is 0.345 bits per heavy atom. The van der Waals surface area contributed by atoms with Crippen molar-refractivity contribution in [2.45, 2.75) is 27.7 Å². The molecular formula is C54H40N2O2. The highest BCUT2D eigenvalue weighted by molar-refractivity contribution is 6.36. The van der Waals surface area contributed by atoms with Gasteiger partial charge in [0.05, 0.1) is 33.5 Å². The molecule has 10 rings (SSSR count). The number of nitrogens with zero attached hydrogens (tertiary/aromatic N) is 2. The molecule has 1 aliphatic heterocycles. The summed E-state index contributed by atoms with van der Waals surface area (Å²) in [5.74, 6) is -0.675. The molecule has 8 aromatic carbocycles. The molecule has 0 unspecified atom stereocenters. The Kier molecular flexibility index (Phi) is 8.31. The zero-order chi connectivity index (χ0) is 39.7. The Morgan fingerprint density at radius 3 is 1.40 bits per heavy atom. The summed E-state index contributed by atoms with van der Waals surface area (Å²) in [5.41, 5.74) is 17.0. The summed E-state index contributed by atoms with van der Waals surface area (Å²) in [6.07, 6.45) is 0. The van der Waals surface area contributed by atoms with Crippen LogP contribution >= 0.6 is 0 Å². The first kappa shape index (κ1) is 35.1. The van der Waals surface area contributed by atoms with E-state index in [4.69, 9.17) is 0 Å². The molecule has 2 heterocycles. The van der Waals surface area contributed by atoms with Crippen molar-refractivity contribution >= 4 is 39.3 Å². The maximum absolute atomic E-state index is 15.1. The van der Waals surface area contributed by atoms with Crippen molar-refractivity contribution in [1.82, 2.24) is 4.57 Å². The van der Waals surface area contributed by atoms with Gasteiger partial charge in [-0.1, -0.05) is 150 Å². The fraction of sp³-hybridized carbons (Fsp3) is 0.0741. The van der Waals surface area contributed by atoms with Gasteiger partial charge in [0.1, 0.15) is 0 Å². The number of imide groups is 1. The molecule has 1 aromatic heterocycles. The van der Waals surface area contributed by atoms with E-state index in [-0.39, 0.29) is 11.8 Å². The smallest absolute Gasteiger partial charge is 0.268 e. The SMILES string of the molecule is Cc1cc(C)cc(-c2ccc3c(c2)c2cc(-c4cc(C)cc(C)c4)ccc2n3-c2cccc3c2C(=O)N(c2cc(-c4ccccc4)ccc2-c2ccccc2)C3=O)c1. The van der Waals surface area contributed by atoms with E-state index < -0.39 is 0 Å². The lowest BCUT2D eigenvalue weighted by Crippen LogP contribution is -2.30. The molecule has 0 saturated heterocycles. The van der Waals surface area contributed by atoms with Crippen LogP contribution in [0.1, 0.15) is 43.0 Å². The minimum absolute atomic E-state index is 0.334. The second-order valence-corrected chi connectivity index (χ2v) is 15.7. The molecular weight excluding hydrogens is 709 g/mol. The Balaban J connectivity index is 1.19. The molecule has 0 bridgehead atoms. The van der Waals surface area contributed by atoms with E-state index in [9.17, 15) is 4.79 Å². The highest BCUT2D eigenvalue weighted by atomic mass is 16.2. The molecule has 1 aliphatic rings. The van der Waals surface area contributed by atoms with E-state index in [0.717, 1.165) is 66.3 Å². The van der Waals surface area contributed by atoms with Crippen molar-refractivity contribution < 1.29 is 9.59 Å². The van der Waals surface area contributed by atoms with Crippen LogP contribution < -0.4 is 4.90 Å². The van der Waals surface area contributed by atoms with Crippen molar-refractivity contribution in [2.75, 3.05) is 4.90 Å². The van der Waals surface area contributed by atoms with Crippen LogP contribution in [0.3, 0.4) is 0 Å². The first-order valence-corrected chi connectivity index (χ1v) is 19.7. The van der Waals surface area contributed by atoms with Gasteiger partial charge in [-0.3, -0.25) is 9.59 Å². The highest BCUT2D eigenvalue weighted by Gasteiger charge is 2.40. The van der Waals surface area contributed by atoms with E-state index in [1.807, 2.05) is 84.9 Å². The van der Waals surface area contributed by atoms with E-state index in [2.05, 4.69) is 111 Å². The van der Waals surface area contributed by atoms with Crippen LogP contribution in [0, 0.1) is 27.7 Å². The molecule has 4 heteroatoms. The van der Waals surface area contributed by atoms with E-state index >= 15 is 4.79 Å². The predicted octanol–water partition coefficient (Wildman–Crippen LogP) is 13.5. The number of carbonyl (C=O) groups is 2. The lowest BCUT2D eigenvalue weighted by Gasteiger charge is -2.20.